The Kier molecular flexibility index (Phi) is 4.18. The molecule has 1 amide bonds. The van der Waals surface area contributed by atoms with Crippen LogP contribution >= 0.6 is 0 Å². The van der Waals surface area contributed by atoms with Crippen LogP contribution < -0.4 is 10.6 Å². The molecule has 0 bridgehead atoms. The molecular weight excluding hydrogens is 240 g/mol. The van der Waals surface area contributed by atoms with Crippen molar-refractivity contribution in [2.24, 2.45) is 0 Å². The van der Waals surface area contributed by atoms with Gasteiger partial charge in [0, 0.05) is 30.2 Å². The van der Waals surface area contributed by atoms with Crippen molar-refractivity contribution in [1.29, 1.82) is 0 Å². The molecule has 0 atom stereocenters. The maximum absolute atomic E-state index is 12.1. The van der Waals surface area contributed by atoms with E-state index in [0.717, 1.165) is 23.6 Å². The monoisotopic (exact) mass is 258 g/mol. The first-order chi connectivity index (χ1) is 9.20. The third kappa shape index (κ3) is 3.34. The van der Waals surface area contributed by atoms with Gasteiger partial charge in [0.05, 0.1) is 6.54 Å². The molecule has 0 fully saturated rings. The highest BCUT2D eigenvalue weighted by atomic mass is 16.1. The highest BCUT2D eigenvalue weighted by molar-refractivity contribution is 5.95. The van der Waals surface area contributed by atoms with Crippen LogP contribution in [0.5, 0.6) is 0 Å². The van der Waals surface area contributed by atoms with Crippen LogP contribution in [-0.4, -0.2) is 22.4 Å². The van der Waals surface area contributed by atoms with Crippen molar-refractivity contribution in [1.82, 2.24) is 15.3 Å². The van der Waals surface area contributed by atoms with Crippen LogP contribution in [-0.2, 0) is 6.54 Å². The van der Waals surface area contributed by atoms with Gasteiger partial charge in [-0.15, -0.1) is 0 Å². The molecule has 5 nitrogen and oxygen atoms in total. The number of hydrogen-bond acceptors (Lipinski definition) is 3. The predicted octanol–water partition coefficient (Wildman–Crippen LogP) is 2.08. The second-order valence-electron chi connectivity index (χ2n) is 4.28. The Balaban J connectivity index is 2.02. The van der Waals surface area contributed by atoms with Gasteiger partial charge in [0.15, 0.2) is 0 Å². The highest BCUT2D eigenvalue weighted by Crippen LogP contribution is 2.15. The molecule has 0 spiro atoms. The number of anilines is 1. The lowest BCUT2D eigenvalue weighted by atomic mass is 10.1. The summed E-state index contributed by atoms with van der Waals surface area (Å²) in [5.74, 6) is 0.659. The number of amides is 1. The van der Waals surface area contributed by atoms with Crippen molar-refractivity contribution >= 4 is 11.6 Å². The van der Waals surface area contributed by atoms with E-state index in [2.05, 4.69) is 20.6 Å². The van der Waals surface area contributed by atoms with Gasteiger partial charge in [-0.2, -0.15) is 0 Å². The summed E-state index contributed by atoms with van der Waals surface area (Å²) in [7, 11) is 0. The standard InChI is InChI=1S/C14H18N4O/c1-3-15-11-4-5-12(10(2)8-11)14(19)18-9-13-16-6-7-17-13/h4-8,15H,3,9H2,1-2H3,(H,16,17)(H,18,19). The van der Waals surface area contributed by atoms with Gasteiger partial charge < -0.3 is 15.6 Å². The van der Waals surface area contributed by atoms with E-state index in [0.29, 0.717) is 12.1 Å². The van der Waals surface area contributed by atoms with Crippen molar-refractivity contribution in [3.8, 4) is 0 Å². The summed E-state index contributed by atoms with van der Waals surface area (Å²) in [6.45, 7) is 5.24. The molecule has 2 aromatic rings. The smallest absolute Gasteiger partial charge is 0.251 e. The average Bonchev–Trinajstić information content (AvgIpc) is 2.89. The second-order valence-corrected chi connectivity index (χ2v) is 4.28. The fourth-order valence-corrected chi connectivity index (χ4v) is 1.89. The second kappa shape index (κ2) is 6.04. The minimum Gasteiger partial charge on any atom is -0.385 e. The number of hydrogen-bond donors (Lipinski definition) is 3. The molecular formula is C14H18N4O. The third-order valence-electron chi connectivity index (χ3n) is 2.82. The minimum absolute atomic E-state index is 0.0862. The number of carbonyl (C=O) groups excluding carboxylic acids is 1. The molecule has 1 aromatic carbocycles. The zero-order valence-corrected chi connectivity index (χ0v) is 11.2. The van der Waals surface area contributed by atoms with Gasteiger partial charge in [-0.1, -0.05) is 0 Å². The fourth-order valence-electron chi connectivity index (χ4n) is 1.89. The zero-order chi connectivity index (χ0) is 13.7. The number of H-pyrrole nitrogens is 1. The van der Waals surface area contributed by atoms with Crippen LogP contribution in [0.1, 0.15) is 28.7 Å². The lowest BCUT2D eigenvalue weighted by Crippen LogP contribution is -2.24. The number of aryl methyl sites for hydroxylation is 1. The molecule has 100 valence electrons. The summed E-state index contributed by atoms with van der Waals surface area (Å²) in [6.07, 6.45) is 3.40. The van der Waals surface area contributed by atoms with Crippen molar-refractivity contribution in [2.45, 2.75) is 20.4 Å². The van der Waals surface area contributed by atoms with E-state index in [1.54, 1.807) is 12.4 Å². The Morgan fingerprint density at radius 2 is 2.26 bits per heavy atom. The van der Waals surface area contributed by atoms with Gasteiger partial charge in [-0.3, -0.25) is 4.79 Å². The topological polar surface area (TPSA) is 69.8 Å². The van der Waals surface area contributed by atoms with Crippen LogP contribution in [0, 0.1) is 6.92 Å². The van der Waals surface area contributed by atoms with Crippen LogP contribution in [0.2, 0.25) is 0 Å². The van der Waals surface area contributed by atoms with Crippen LogP contribution in [0.25, 0.3) is 0 Å². The fraction of sp³-hybridized carbons (Fsp3) is 0.286. The maximum Gasteiger partial charge on any atom is 0.251 e. The molecule has 1 heterocycles. The number of benzene rings is 1. The zero-order valence-electron chi connectivity index (χ0n) is 11.2. The van der Waals surface area contributed by atoms with Crippen molar-refractivity contribution < 1.29 is 4.79 Å². The van der Waals surface area contributed by atoms with Crippen molar-refractivity contribution in [3.63, 3.8) is 0 Å². The van der Waals surface area contributed by atoms with Crippen LogP contribution in [0.3, 0.4) is 0 Å². The lowest BCUT2D eigenvalue weighted by Gasteiger charge is -2.09. The van der Waals surface area contributed by atoms with E-state index in [4.69, 9.17) is 0 Å². The first-order valence-electron chi connectivity index (χ1n) is 6.31. The molecule has 0 aliphatic rings. The SMILES string of the molecule is CCNc1ccc(C(=O)NCc2ncc[nH]2)c(C)c1. The van der Waals surface area contributed by atoms with Gasteiger partial charge in [0.2, 0.25) is 0 Å². The molecule has 3 N–H and O–H groups in total. The molecule has 0 saturated heterocycles. The van der Waals surface area contributed by atoms with Gasteiger partial charge in [0.1, 0.15) is 5.82 Å². The summed E-state index contributed by atoms with van der Waals surface area (Å²) < 4.78 is 0. The summed E-state index contributed by atoms with van der Waals surface area (Å²) in [6, 6.07) is 5.73. The number of aromatic nitrogens is 2. The first-order valence-corrected chi connectivity index (χ1v) is 6.31. The Hall–Kier alpha value is -2.30. The number of carbonyl (C=O) groups is 1. The molecule has 19 heavy (non-hydrogen) atoms. The minimum atomic E-state index is -0.0862. The molecule has 0 aliphatic heterocycles. The van der Waals surface area contributed by atoms with Crippen LogP contribution in [0.15, 0.2) is 30.6 Å². The normalized spacial score (nSPS) is 10.2. The molecule has 2 rings (SSSR count). The molecule has 0 radical (unpaired) electrons. The third-order valence-corrected chi connectivity index (χ3v) is 2.82. The summed E-state index contributed by atoms with van der Waals surface area (Å²) >= 11 is 0. The number of aromatic amines is 1. The Labute approximate surface area is 112 Å². The summed E-state index contributed by atoms with van der Waals surface area (Å²) in [5.41, 5.74) is 2.67. The Morgan fingerprint density at radius 3 is 2.89 bits per heavy atom. The predicted molar refractivity (Wildman–Crippen MR) is 75.1 cm³/mol. The molecule has 5 heteroatoms. The molecule has 0 aliphatic carbocycles. The van der Waals surface area contributed by atoms with E-state index >= 15 is 0 Å². The van der Waals surface area contributed by atoms with E-state index in [9.17, 15) is 4.79 Å². The first kappa shape index (κ1) is 13.1. The van der Waals surface area contributed by atoms with E-state index < -0.39 is 0 Å². The highest BCUT2D eigenvalue weighted by Gasteiger charge is 2.09. The number of nitrogens with zero attached hydrogens (tertiary/aromatic N) is 1. The van der Waals surface area contributed by atoms with E-state index in [1.165, 1.54) is 0 Å². The van der Waals surface area contributed by atoms with Gasteiger partial charge in [-0.05, 0) is 37.6 Å². The van der Waals surface area contributed by atoms with Crippen LogP contribution in [0.4, 0.5) is 5.69 Å². The quantitative estimate of drug-likeness (QED) is 0.769. The van der Waals surface area contributed by atoms with Crippen molar-refractivity contribution in [2.75, 3.05) is 11.9 Å². The molecule has 1 aromatic heterocycles. The largest absolute Gasteiger partial charge is 0.385 e. The van der Waals surface area contributed by atoms with E-state index in [1.807, 2.05) is 32.0 Å². The summed E-state index contributed by atoms with van der Waals surface area (Å²) in [4.78, 5) is 19.1. The van der Waals surface area contributed by atoms with Gasteiger partial charge in [0.25, 0.3) is 5.91 Å². The number of rotatable bonds is 5. The van der Waals surface area contributed by atoms with Gasteiger partial charge in [-0.25, -0.2) is 4.98 Å². The Morgan fingerprint density at radius 1 is 1.42 bits per heavy atom. The Bertz CT molecular complexity index is 549. The summed E-state index contributed by atoms with van der Waals surface area (Å²) in [5, 5.41) is 6.06. The molecule has 0 unspecified atom stereocenters. The lowest BCUT2D eigenvalue weighted by molar-refractivity contribution is 0.0949. The maximum atomic E-state index is 12.1. The van der Waals surface area contributed by atoms with Crippen molar-refractivity contribution in [3.05, 3.63) is 47.5 Å². The molecule has 0 saturated carbocycles. The number of nitrogens with one attached hydrogen (secondary N) is 3. The van der Waals surface area contributed by atoms with E-state index in [-0.39, 0.29) is 5.91 Å². The average molecular weight is 258 g/mol. The van der Waals surface area contributed by atoms with Gasteiger partial charge >= 0.3 is 0 Å². The number of imidazole rings is 1.